The fraction of sp³-hybridized carbons (Fsp3) is 0.667. The normalized spacial score (nSPS) is 35.6. The molecule has 5 unspecified atom stereocenters. The molecule has 5 nitrogen and oxygen atoms in total. The monoisotopic (exact) mass is 277 g/mol. The molecule has 1 saturated carbocycles. The molecule has 0 aromatic heterocycles. The second kappa shape index (κ2) is 4.72. The number of carbonyl (C=O) groups is 3. The minimum Gasteiger partial charge on any atom is -0.467 e. The molecule has 1 saturated heterocycles. The second-order valence-corrected chi connectivity index (χ2v) is 5.87. The number of carbonyl (C=O) groups excluding carboxylic acids is 3. The van der Waals surface area contributed by atoms with Crippen LogP contribution in [0.3, 0.4) is 0 Å². The molecule has 3 rings (SSSR count). The number of rotatable bonds is 4. The summed E-state index contributed by atoms with van der Waals surface area (Å²) in [6.07, 6.45) is 6.18. The lowest BCUT2D eigenvalue weighted by molar-refractivity contribution is -0.157. The van der Waals surface area contributed by atoms with Crippen LogP contribution in [0.15, 0.2) is 12.2 Å². The highest BCUT2D eigenvalue weighted by molar-refractivity contribution is 6.08. The fourth-order valence-electron chi connectivity index (χ4n) is 3.99. The molecule has 2 aliphatic carbocycles. The third kappa shape index (κ3) is 1.65. The Labute approximate surface area is 117 Å². The molecule has 108 valence electrons. The predicted octanol–water partition coefficient (Wildman–Crippen LogP) is 1.14. The number of esters is 1. The van der Waals surface area contributed by atoms with Gasteiger partial charge in [0.1, 0.15) is 6.04 Å². The molecule has 0 radical (unpaired) electrons. The molecular formula is C15H19NO4. The third-order valence-electron chi connectivity index (χ3n) is 4.85. The van der Waals surface area contributed by atoms with E-state index in [-0.39, 0.29) is 35.5 Å². The molecule has 2 fully saturated rings. The number of hydrogen-bond acceptors (Lipinski definition) is 4. The van der Waals surface area contributed by atoms with Gasteiger partial charge in [0.15, 0.2) is 0 Å². The molecule has 0 spiro atoms. The first kappa shape index (κ1) is 13.3. The summed E-state index contributed by atoms with van der Waals surface area (Å²) in [7, 11) is 1.29. The third-order valence-corrected chi connectivity index (χ3v) is 4.85. The van der Waals surface area contributed by atoms with Gasteiger partial charge in [0.25, 0.3) is 0 Å². The van der Waals surface area contributed by atoms with E-state index in [1.165, 1.54) is 12.0 Å². The van der Waals surface area contributed by atoms with Crippen molar-refractivity contribution < 1.29 is 19.1 Å². The van der Waals surface area contributed by atoms with Crippen LogP contribution in [0.2, 0.25) is 0 Å². The van der Waals surface area contributed by atoms with Gasteiger partial charge in [-0.15, -0.1) is 0 Å². The van der Waals surface area contributed by atoms with E-state index in [1.807, 2.05) is 19.1 Å². The van der Waals surface area contributed by atoms with Crippen LogP contribution in [-0.4, -0.2) is 35.8 Å². The fourth-order valence-corrected chi connectivity index (χ4v) is 3.99. The lowest BCUT2D eigenvalue weighted by Crippen LogP contribution is -2.46. The number of ether oxygens (including phenoxy) is 1. The highest BCUT2D eigenvalue weighted by atomic mass is 16.5. The summed E-state index contributed by atoms with van der Waals surface area (Å²) in [5.41, 5.74) is 0. The average molecular weight is 277 g/mol. The molecule has 20 heavy (non-hydrogen) atoms. The summed E-state index contributed by atoms with van der Waals surface area (Å²) < 4.78 is 4.76. The molecular weight excluding hydrogens is 258 g/mol. The van der Waals surface area contributed by atoms with E-state index in [4.69, 9.17) is 4.74 Å². The highest BCUT2D eigenvalue weighted by Gasteiger charge is 2.61. The topological polar surface area (TPSA) is 63.7 Å². The Morgan fingerprint density at radius 3 is 2.30 bits per heavy atom. The maximum Gasteiger partial charge on any atom is 0.329 e. The molecule has 1 aliphatic heterocycles. The van der Waals surface area contributed by atoms with Gasteiger partial charge in [-0.3, -0.25) is 14.5 Å². The summed E-state index contributed by atoms with van der Waals surface area (Å²) in [4.78, 5) is 38.3. The van der Waals surface area contributed by atoms with Crippen molar-refractivity contribution in [3.63, 3.8) is 0 Å². The van der Waals surface area contributed by atoms with E-state index in [0.717, 1.165) is 12.8 Å². The molecule has 0 N–H and O–H groups in total. The Morgan fingerprint density at radius 1 is 1.30 bits per heavy atom. The van der Waals surface area contributed by atoms with Gasteiger partial charge in [-0.2, -0.15) is 0 Å². The summed E-state index contributed by atoms with van der Waals surface area (Å²) in [6.45, 7) is 1.92. The Balaban J connectivity index is 1.90. The Morgan fingerprint density at radius 2 is 1.85 bits per heavy atom. The van der Waals surface area contributed by atoms with Crippen molar-refractivity contribution in [2.24, 2.45) is 23.7 Å². The van der Waals surface area contributed by atoms with Crippen LogP contribution in [0.25, 0.3) is 0 Å². The van der Waals surface area contributed by atoms with Crippen molar-refractivity contribution in [1.29, 1.82) is 0 Å². The van der Waals surface area contributed by atoms with E-state index in [1.54, 1.807) is 0 Å². The maximum atomic E-state index is 12.6. The molecule has 0 aromatic carbocycles. The molecule has 2 amide bonds. The van der Waals surface area contributed by atoms with E-state index in [2.05, 4.69) is 0 Å². The first-order valence-corrected chi connectivity index (χ1v) is 7.23. The van der Waals surface area contributed by atoms with Gasteiger partial charge >= 0.3 is 5.97 Å². The van der Waals surface area contributed by atoms with Gasteiger partial charge in [0.2, 0.25) is 11.8 Å². The number of fused-ring (bicyclic) bond motifs is 5. The van der Waals surface area contributed by atoms with Crippen molar-refractivity contribution in [2.75, 3.05) is 7.11 Å². The molecule has 1 heterocycles. The van der Waals surface area contributed by atoms with Crippen molar-refractivity contribution in [1.82, 2.24) is 4.90 Å². The summed E-state index contributed by atoms with van der Waals surface area (Å²) in [5, 5.41) is 0. The standard InChI is InChI=1S/C15H19NO4/c1-3-4-10(15(19)20-2)16-13(17)11-8-5-6-9(7-8)12(11)14(16)18/h5-6,8-12H,3-4,7H2,1-2H3. The van der Waals surface area contributed by atoms with Crippen molar-refractivity contribution >= 4 is 17.8 Å². The number of amides is 2. The van der Waals surface area contributed by atoms with Gasteiger partial charge in [0, 0.05) is 0 Å². The molecule has 0 aromatic rings. The number of hydrogen-bond donors (Lipinski definition) is 0. The maximum absolute atomic E-state index is 12.6. The number of imide groups is 1. The van der Waals surface area contributed by atoms with E-state index >= 15 is 0 Å². The first-order chi connectivity index (χ1) is 9.60. The van der Waals surface area contributed by atoms with E-state index < -0.39 is 12.0 Å². The number of methoxy groups -OCH3 is 1. The second-order valence-electron chi connectivity index (χ2n) is 5.87. The zero-order chi connectivity index (χ0) is 14.4. The zero-order valence-electron chi connectivity index (χ0n) is 11.7. The lowest BCUT2D eigenvalue weighted by Gasteiger charge is -2.25. The van der Waals surface area contributed by atoms with Gasteiger partial charge < -0.3 is 4.74 Å². The van der Waals surface area contributed by atoms with Gasteiger partial charge in [-0.05, 0) is 24.7 Å². The number of allylic oxidation sites excluding steroid dienone is 2. The van der Waals surface area contributed by atoms with Crippen LogP contribution in [0.4, 0.5) is 0 Å². The van der Waals surface area contributed by atoms with Crippen LogP contribution in [-0.2, 0) is 19.1 Å². The summed E-state index contributed by atoms with van der Waals surface area (Å²) in [5.74, 6) is -1.00. The highest BCUT2D eigenvalue weighted by Crippen LogP contribution is 2.53. The molecule has 5 atom stereocenters. The molecule has 5 heteroatoms. The van der Waals surface area contributed by atoms with Crippen LogP contribution in [0.1, 0.15) is 26.2 Å². The smallest absolute Gasteiger partial charge is 0.329 e. The first-order valence-electron chi connectivity index (χ1n) is 7.23. The van der Waals surface area contributed by atoms with Crippen molar-refractivity contribution in [3.05, 3.63) is 12.2 Å². The Bertz CT molecular complexity index is 468. The minimum atomic E-state index is -0.755. The number of likely N-dealkylation sites (tertiary alicyclic amines) is 1. The summed E-state index contributed by atoms with van der Waals surface area (Å²) in [6, 6.07) is -0.755. The molecule has 3 aliphatic rings. The lowest BCUT2D eigenvalue weighted by atomic mass is 9.85. The summed E-state index contributed by atoms with van der Waals surface area (Å²) >= 11 is 0. The zero-order valence-corrected chi connectivity index (χ0v) is 11.7. The van der Waals surface area contributed by atoms with Crippen LogP contribution in [0.5, 0.6) is 0 Å². The van der Waals surface area contributed by atoms with E-state index in [0.29, 0.717) is 6.42 Å². The van der Waals surface area contributed by atoms with Gasteiger partial charge in [0.05, 0.1) is 18.9 Å². The quantitative estimate of drug-likeness (QED) is 0.439. The van der Waals surface area contributed by atoms with Crippen molar-refractivity contribution in [2.45, 2.75) is 32.2 Å². The van der Waals surface area contributed by atoms with Gasteiger partial charge in [-0.1, -0.05) is 25.5 Å². The molecule has 2 bridgehead atoms. The van der Waals surface area contributed by atoms with Gasteiger partial charge in [-0.25, -0.2) is 4.79 Å². The predicted molar refractivity (Wildman–Crippen MR) is 70.3 cm³/mol. The average Bonchev–Trinajstić information content (AvgIpc) is 3.11. The van der Waals surface area contributed by atoms with Crippen LogP contribution >= 0.6 is 0 Å². The minimum absolute atomic E-state index is 0.173. The Hall–Kier alpha value is -1.65. The van der Waals surface area contributed by atoms with Crippen LogP contribution < -0.4 is 0 Å². The van der Waals surface area contributed by atoms with Crippen molar-refractivity contribution in [3.8, 4) is 0 Å². The SMILES string of the molecule is CCCC(C(=O)OC)N1C(=O)C2C3C=CC(C3)C2C1=O. The largest absolute Gasteiger partial charge is 0.467 e. The van der Waals surface area contributed by atoms with E-state index in [9.17, 15) is 14.4 Å². The van der Waals surface area contributed by atoms with Crippen LogP contribution in [0, 0.1) is 23.7 Å². The number of nitrogens with zero attached hydrogens (tertiary/aromatic N) is 1. The Kier molecular flexibility index (Phi) is 3.15.